The van der Waals surface area contributed by atoms with E-state index in [2.05, 4.69) is 5.32 Å². The van der Waals surface area contributed by atoms with Gasteiger partial charge in [0, 0.05) is 22.8 Å². The van der Waals surface area contributed by atoms with Crippen LogP contribution in [0.1, 0.15) is 43.1 Å². The van der Waals surface area contributed by atoms with Crippen molar-refractivity contribution in [2.24, 2.45) is 11.7 Å². The number of esters is 1. The largest absolute Gasteiger partial charge is 0.480 e. The second kappa shape index (κ2) is 12.3. The SMILES string of the molecule is N=C(N)Nc1ccc(C(=O)Oc2ccc3c(c2)CCC(C(=O)N(CC(=O)O)Cc2ccc4sc(C(=O)O)cc4c2)C3)cc1. The van der Waals surface area contributed by atoms with E-state index in [1.54, 1.807) is 60.7 Å². The highest BCUT2D eigenvalue weighted by Gasteiger charge is 2.30. The maximum atomic E-state index is 13.6. The molecule has 3 aromatic carbocycles. The molecule has 6 N–H and O–H groups in total. The summed E-state index contributed by atoms with van der Waals surface area (Å²) in [5.41, 5.74) is 8.82. The number of hydrogen-bond acceptors (Lipinski definition) is 7. The third-order valence-corrected chi connectivity index (χ3v) is 8.27. The first-order valence-electron chi connectivity index (χ1n) is 13.4. The highest BCUT2D eigenvalue weighted by atomic mass is 32.1. The van der Waals surface area contributed by atoms with Crippen LogP contribution in [0, 0.1) is 11.3 Å². The fourth-order valence-electron chi connectivity index (χ4n) is 5.17. The number of aryl methyl sites for hydroxylation is 1. The maximum Gasteiger partial charge on any atom is 0.345 e. The summed E-state index contributed by atoms with van der Waals surface area (Å²) in [7, 11) is 0. The third kappa shape index (κ3) is 6.99. The quantitative estimate of drug-likeness (QED) is 0.0807. The minimum atomic E-state index is -1.12. The van der Waals surface area contributed by atoms with E-state index < -0.39 is 30.4 Å². The number of carboxylic acids is 2. The van der Waals surface area contributed by atoms with Crippen LogP contribution >= 0.6 is 11.3 Å². The third-order valence-electron chi connectivity index (χ3n) is 7.17. The molecule has 0 saturated heterocycles. The number of carbonyl (C=O) groups excluding carboxylic acids is 2. The summed E-state index contributed by atoms with van der Waals surface area (Å²) in [4.78, 5) is 50.7. The molecule has 0 saturated carbocycles. The number of ether oxygens (including phenoxy) is 1. The summed E-state index contributed by atoms with van der Waals surface area (Å²) in [6.45, 7) is -0.367. The van der Waals surface area contributed by atoms with E-state index in [4.69, 9.17) is 15.9 Å². The number of hydrogen-bond donors (Lipinski definition) is 5. The Bertz CT molecular complexity index is 1750. The number of nitrogens with one attached hydrogen (secondary N) is 2. The van der Waals surface area contributed by atoms with E-state index >= 15 is 0 Å². The Hall–Kier alpha value is -5.23. The van der Waals surface area contributed by atoms with Gasteiger partial charge >= 0.3 is 17.9 Å². The Kier molecular flexibility index (Phi) is 8.39. The normalized spacial score (nSPS) is 14.0. The smallest absolute Gasteiger partial charge is 0.345 e. The van der Waals surface area contributed by atoms with Gasteiger partial charge in [0.15, 0.2) is 5.96 Å². The van der Waals surface area contributed by atoms with E-state index in [-0.39, 0.29) is 23.3 Å². The van der Waals surface area contributed by atoms with Crippen molar-refractivity contribution in [3.05, 3.63) is 93.9 Å². The first-order chi connectivity index (χ1) is 20.5. The molecule has 220 valence electrons. The zero-order valence-electron chi connectivity index (χ0n) is 22.8. The lowest BCUT2D eigenvalue weighted by Gasteiger charge is -2.29. The molecule has 0 bridgehead atoms. The van der Waals surface area contributed by atoms with Gasteiger partial charge in [-0.2, -0.15) is 0 Å². The standard InChI is InChI=1S/C31H28N4O7S/c32-31(33)34-23-7-4-18(5-8-23)30(41)42-24-9-6-19-12-21(3-2-20(19)13-24)28(38)35(16-27(36)37)15-17-1-10-25-22(11-17)14-26(43-25)29(39)40/h1,4-11,13-14,21H,2-3,12,15-16H2,(H,36,37)(H,39,40)(H4,32,33,34). The summed E-state index contributed by atoms with van der Waals surface area (Å²) in [6, 6.07) is 18.6. The summed E-state index contributed by atoms with van der Waals surface area (Å²) >= 11 is 1.16. The Morgan fingerprint density at radius 3 is 2.47 bits per heavy atom. The van der Waals surface area contributed by atoms with Crippen LogP contribution in [0.15, 0.2) is 66.7 Å². The van der Waals surface area contributed by atoms with Gasteiger partial charge in [-0.3, -0.25) is 15.0 Å². The monoisotopic (exact) mass is 600 g/mol. The molecule has 5 rings (SSSR count). The van der Waals surface area contributed by atoms with E-state index in [1.807, 2.05) is 6.07 Å². The van der Waals surface area contributed by atoms with Crippen LogP contribution in [0.25, 0.3) is 10.1 Å². The number of fused-ring (bicyclic) bond motifs is 2. The maximum absolute atomic E-state index is 13.6. The minimum Gasteiger partial charge on any atom is -0.480 e. The molecule has 11 nitrogen and oxygen atoms in total. The van der Waals surface area contributed by atoms with Crippen molar-refractivity contribution in [3.63, 3.8) is 0 Å². The summed E-state index contributed by atoms with van der Waals surface area (Å²) in [5, 5.41) is 29.4. The number of aromatic carboxylic acids is 1. The molecule has 12 heteroatoms. The number of benzene rings is 3. The van der Waals surface area contributed by atoms with Gasteiger partial charge in [-0.15, -0.1) is 11.3 Å². The molecule has 1 unspecified atom stereocenters. The second-order valence-electron chi connectivity index (χ2n) is 10.3. The zero-order chi connectivity index (χ0) is 30.7. The number of guanidine groups is 1. The van der Waals surface area contributed by atoms with Crippen LogP contribution in [-0.2, 0) is 29.0 Å². The summed E-state index contributed by atoms with van der Waals surface area (Å²) in [5.74, 6) is -3.18. The van der Waals surface area contributed by atoms with Gasteiger partial charge in [-0.05, 0) is 95.9 Å². The molecule has 0 aliphatic heterocycles. The average Bonchev–Trinajstić information content (AvgIpc) is 3.40. The van der Waals surface area contributed by atoms with Gasteiger partial charge < -0.3 is 30.9 Å². The Morgan fingerprint density at radius 1 is 1.00 bits per heavy atom. The van der Waals surface area contributed by atoms with Crippen molar-refractivity contribution >= 4 is 56.9 Å². The predicted molar refractivity (Wildman–Crippen MR) is 161 cm³/mol. The van der Waals surface area contributed by atoms with Gasteiger partial charge in [-0.25, -0.2) is 9.59 Å². The van der Waals surface area contributed by atoms with Crippen molar-refractivity contribution in [1.82, 2.24) is 4.90 Å². The lowest BCUT2D eigenvalue weighted by atomic mass is 9.83. The van der Waals surface area contributed by atoms with E-state index in [9.17, 15) is 29.4 Å². The molecule has 1 aromatic heterocycles. The van der Waals surface area contributed by atoms with Crippen LogP contribution in [0.4, 0.5) is 5.69 Å². The van der Waals surface area contributed by atoms with Crippen molar-refractivity contribution in [2.75, 3.05) is 11.9 Å². The molecular formula is C31H28N4O7S. The zero-order valence-corrected chi connectivity index (χ0v) is 23.6. The fraction of sp³-hybridized carbons (Fsp3) is 0.194. The molecular weight excluding hydrogens is 572 g/mol. The number of rotatable bonds is 9. The number of carbonyl (C=O) groups is 4. The van der Waals surface area contributed by atoms with Crippen LogP contribution < -0.4 is 15.8 Å². The number of nitrogens with zero attached hydrogens (tertiary/aromatic N) is 1. The van der Waals surface area contributed by atoms with Gasteiger partial charge in [0.1, 0.15) is 17.2 Å². The van der Waals surface area contributed by atoms with E-state index in [0.29, 0.717) is 41.8 Å². The molecule has 1 amide bonds. The molecule has 1 aliphatic carbocycles. The molecule has 0 radical (unpaired) electrons. The summed E-state index contributed by atoms with van der Waals surface area (Å²) in [6.07, 6.45) is 1.49. The van der Waals surface area contributed by atoms with Gasteiger partial charge in [-0.1, -0.05) is 12.1 Å². The molecule has 0 spiro atoms. The van der Waals surface area contributed by atoms with E-state index in [0.717, 1.165) is 32.5 Å². The van der Waals surface area contributed by atoms with Crippen molar-refractivity contribution in [3.8, 4) is 5.75 Å². The van der Waals surface area contributed by atoms with Crippen LogP contribution in [0.5, 0.6) is 5.75 Å². The minimum absolute atomic E-state index is 0.0867. The summed E-state index contributed by atoms with van der Waals surface area (Å²) < 4.78 is 6.35. The van der Waals surface area contributed by atoms with Crippen LogP contribution in [0.3, 0.4) is 0 Å². The highest BCUT2D eigenvalue weighted by molar-refractivity contribution is 7.20. The Morgan fingerprint density at radius 2 is 1.77 bits per heavy atom. The fourth-order valence-corrected chi connectivity index (χ4v) is 6.05. The van der Waals surface area contributed by atoms with Gasteiger partial charge in [0.2, 0.25) is 5.91 Å². The average molecular weight is 601 g/mol. The first kappa shape index (κ1) is 29.3. The molecule has 4 aromatic rings. The Balaban J connectivity index is 1.25. The topological polar surface area (TPSA) is 183 Å². The molecule has 43 heavy (non-hydrogen) atoms. The molecule has 0 fully saturated rings. The first-order valence-corrected chi connectivity index (χ1v) is 14.2. The molecule has 1 heterocycles. The Labute approximate surface area is 250 Å². The number of anilines is 1. The van der Waals surface area contributed by atoms with Crippen molar-refractivity contribution in [2.45, 2.75) is 25.8 Å². The predicted octanol–water partition coefficient (Wildman–Crippen LogP) is 4.34. The van der Waals surface area contributed by atoms with Gasteiger partial charge in [0.25, 0.3) is 0 Å². The van der Waals surface area contributed by atoms with Crippen LogP contribution in [0.2, 0.25) is 0 Å². The lowest BCUT2D eigenvalue weighted by molar-refractivity contribution is -0.147. The molecule has 1 aliphatic rings. The van der Waals surface area contributed by atoms with E-state index in [1.165, 1.54) is 4.90 Å². The van der Waals surface area contributed by atoms with Crippen LogP contribution in [-0.4, -0.2) is 51.4 Å². The lowest BCUT2D eigenvalue weighted by Crippen LogP contribution is -2.41. The second-order valence-corrected chi connectivity index (χ2v) is 11.3. The number of thiophene rings is 1. The number of nitrogens with two attached hydrogens (primary N) is 1. The highest BCUT2D eigenvalue weighted by Crippen LogP contribution is 2.31. The number of aliphatic carboxylic acids is 1. The number of carboxylic acid groups (broad SMARTS) is 2. The van der Waals surface area contributed by atoms with Gasteiger partial charge in [0.05, 0.1) is 5.56 Å². The van der Waals surface area contributed by atoms with Crippen molar-refractivity contribution < 1.29 is 34.1 Å². The number of amides is 1. The van der Waals surface area contributed by atoms with Crippen molar-refractivity contribution in [1.29, 1.82) is 5.41 Å². The molecule has 1 atom stereocenters.